The molecule has 15 heavy (non-hydrogen) atoms. The molecule has 1 aromatic rings. The van der Waals surface area contributed by atoms with Gasteiger partial charge in [0.05, 0.1) is 19.1 Å². The van der Waals surface area contributed by atoms with E-state index < -0.39 is 0 Å². The predicted octanol–water partition coefficient (Wildman–Crippen LogP) is 2.33. The molecule has 0 saturated carbocycles. The molecule has 1 fully saturated rings. The molecule has 0 bridgehead atoms. The molecule has 0 aromatic carbocycles. The van der Waals surface area contributed by atoms with Crippen LogP contribution in [0.5, 0.6) is 0 Å². The Hall–Kier alpha value is -0.800. The van der Waals surface area contributed by atoms with E-state index in [9.17, 15) is 0 Å². The number of nitrogens with one attached hydrogen (secondary N) is 1. The van der Waals surface area contributed by atoms with Gasteiger partial charge in [-0.2, -0.15) is 0 Å². The lowest BCUT2D eigenvalue weighted by Crippen LogP contribution is -2.34. The van der Waals surface area contributed by atoms with Gasteiger partial charge in [0, 0.05) is 18.2 Å². The third-order valence-corrected chi connectivity index (χ3v) is 2.87. The number of furan rings is 1. The zero-order valence-corrected chi connectivity index (χ0v) is 9.08. The van der Waals surface area contributed by atoms with Crippen LogP contribution in [-0.2, 0) is 11.3 Å². The lowest BCUT2D eigenvalue weighted by Gasteiger charge is -2.23. The molecule has 1 atom stereocenters. The smallest absolute Gasteiger partial charge is 0.0957 e. The van der Waals surface area contributed by atoms with Gasteiger partial charge in [-0.25, -0.2) is 0 Å². The van der Waals surface area contributed by atoms with Crippen LogP contribution in [0.2, 0.25) is 0 Å². The first kappa shape index (κ1) is 10.7. The maximum atomic E-state index is 5.58. The van der Waals surface area contributed by atoms with Gasteiger partial charge in [-0.1, -0.05) is 6.42 Å². The van der Waals surface area contributed by atoms with Crippen molar-refractivity contribution in [1.82, 2.24) is 5.32 Å². The molecule has 0 spiro atoms. The van der Waals surface area contributed by atoms with Gasteiger partial charge in [-0.05, 0) is 31.9 Å². The van der Waals surface area contributed by atoms with Crippen molar-refractivity contribution in [2.45, 2.75) is 38.3 Å². The zero-order valence-electron chi connectivity index (χ0n) is 9.08. The summed E-state index contributed by atoms with van der Waals surface area (Å²) in [5.41, 5.74) is 1.12. The van der Waals surface area contributed by atoms with Crippen molar-refractivity contribution in [2.75, 3.05) is 13.2 Å². The summed E-state index contributed by atoms with van der Waals surface area (Å²) in [7, 11) is 0. The van der Waals surface area contributed by atoms with E-state index in [0.717, 1.165) is 18.6 Å². The molecule has 1 saturated heterocycles. The lowest BCUT2D eigenvalue weighted by molar-refractivity contribution is 0.108. The molecule has 0 amide bonds. The number of hydrogen-bond acceptors (Lipinski definition) is 3. The summed E-state index contributed by atoms with van der Waals surface area (Å²) >= 11 is 0. The fourth-order valence-corrected chi connectivity index (χ4v) is 1.96. The second kappa shape index (κ2) is 5.93. The summed E-state index contributed by atoms with van der Waals surface area (Å²) in [5, 5.41) is 3.51. The summed E-state index contributed by atoms with van der Waals surface area (Å²) in [4.78, 5) is 0. The molecule has 3 nitrogen and oxygen atoms in total. The first-order valence-electron chi connectivity index (χ1n) is 5.77. The van der Waals surface area contributed by atoms with Crippen molar-refractivity contribution in [1.29, 1.82) is 0 Å². The van der Waals surface area contributed by atoms with Crippen LogP contribution in [0.3, 0.4) is 0 Å². The Morgan fingerprint density at radius 3 is 3.20 bits per heavy atom. The third kappa shape index (κ3) is 3.68. The molecule has 1 aliphatic heterocycles. The minimum Gasteiger partial charge on any atom is -0.472 e. The number of piperidine rings is 1. The van der Waals surface area contributed by atoms with E-state index in [0.29, 0.717) is 12.6 Å². The van der Waals surface area contributed by atoms with Crippen LogP contribution >= 0.6 is 0 Å². The number of rotatable bonds is 5. The monoisotopic (exact) mass is 209 g/mol. The molecule has 1 aromatic heterocycles. The molecule has 2 heterocycles. The molecular formula is C12H19NO2. The summed E-state index contributed by atoms with van der Waals surface area (Å²) in [6.07, 6.45) is 8.53. The van der Waals surface area contributed by atoms with Crippen molar-refractivity contribution in [3.63, 3.8) is 0 Å². The highest BCUT2D eigenvalue weighted by atomic mass is 16.5. The molecule has 1 N–H and O–H groups in total. The Balaban J connectivity index is 1.54. The SMILES string of the molecule is c1cc(COCCC2CCCCN2)co1. The molecule has 1 unspecified atom stereocenters. The van der Waals surface area contributed by atoms with E-state index in [4.69, 9.17) is 9.15 Å². The normalized spacial score (nSPS) is 21.7. The van der Waals surface area contributed by atoms with Gasteiger partial charge in [-0.15, -0.1) is 0 Å². The van der Waals surface area contributed by atoms with Crippen LogP contribution in [0.4, 0.5) is 0 Å². The van der Waals surface area contributed by atoms with Gasteiger partial charge in [0.1, 0.15) is 0 Å². The first-order valence-corrected chi connectivity index (χ1v) is 5.77. The largest absolute Gasteiger partial charge is 0.472 e. The van der Waals surface area contributed by atoms with Gasteiger partial charge in [0.15, 0.2) is 0 Å². The van der Waals surface area contributed by atoms with E-state index in [1.54, 1.807) is 12.5 Å². The molecule has 1 aliphatic rings. The van der Waals surface area contributed by atoms with E-state index in [2.05, 4.69) is 5.32 Å². The Bertz CT molecular complexity index is 253. The van der Waals surface area contributed by atoms with E-state index >= 15 is 0 Å². The molecule has 0 radical (unpaired) electrons. The second-order valence-electron chi connectivity index (χ2n) is 4.12. The van der Waals surface area contributed by atoms with Crippen molar-refractivity contribution in [3.8, 4) is 0 Å². The van der Waals surface area contributed by atoms with Gasteiger partial charge in [0.25, 0.3) is 0 Å². The lowest BCUT2D eigenvalue weighted by atomic mass is 10.0. The minimum atomic E-state index is 0.670. The molecular weight excluding hydrogens is 190 g/mol. The van der Waals surface area contributed by atoms with Gasteiger partial charge >= 0.3 is 0 Å². The quantitative estimate of drug-likeness (QED) is 0.756. The summed E-state index contributed by atoms with van der Waals surface area (Å²) in [5.74, 6) is 0. The summed E-state index contributed by atoms with van der Waals surface area (Å²) in [6.45, 7) is 2.68. The zero-order chi connectivity index (χ0) is 10.3. The highest BCUT2D eigenvalue weighted by Gasteiger charge is 2.11. The Morgan fingerprint density at radius 1 is 1.47 bits per heavy atom. The van der Waals surface area contributed by atoms with E-state index in [1.165, 1.54) is 25.8 Å². The van der Waals surface area contributed by atoms with Gasteiger partial charge < -0.3 is 14.5 Å². The number of ether oxygens (including phenoxy) is 1. The standard InChI is InChI=1S/C12H19NO2/c1-2-6-13-12(3-1)5-8-15-10-11-4-7-14-9-11/h4,7,9,12-13H,1-3,5-6,8,10H2. The van der Waals surface area contributed by atoms with Crippen LogP contribution in [0, 0.1) is 0 Å². The maximum absolute atomic E-state index is 5.58. The molecule has 2 rings (SSSR count). The van der Waals surface area contributed by atoms with Crippen molar-refractivity contribution in [3.05, 3.63) is 24.2 Å². The van der Waals surface area contributed by atoms with E-state index in [-0.39, 0.29) is 0 Å². The van der Waals surface area contributed by atoms with Crippen LogP contribution < -0.4 is 5.32 Å². The Kier molecular flexibility index (Phi) is 4.23. The molecule has 84 valence electrons. The highest BCUT2D eigenvalue weighted by molar-refractivity contribution is 5.02. The maximum Gasteiger partial charge on any atom is 0.0957 e. The average molecular weight is 209 g/mol. The van der Waals surface area contributed by atoms with Gasteiger partial charge in [0.2, 0.25) is 0 Å². The second-order valence-corrected chi connectivity index (χ2v) is 4.12. The summed E-state index contributed by atoms with van der Waals surface area (Å²) < 4.78 is 10.5. The van der Waals surface area contributed by atoms with Crippen molar-refractivity contribution in [2.24, 2.45) is 0 Å². The minimum absolute atomic E-state index is 0.670. The van der Waals surface area contributed by atoms with E-state index in [1.807, 2.05) is 6.07 Å². The van der Waals surface area contributed by atoms with Crippen LogP contribution in [0.15, 0.2) is 23.0 Å². The average Bonchev–Trinajstić information content (AvgIpc) is 2.79. The Morgan fingerprint density at radius 2 is 2.47 bits per heavy atom. The molecule has 0 aliphatic carbocycles. The van der Waals surface area contributed by atoms with Gasteiger partial charge in [-0.3, -0.25) is 0 Å². The fraction of sp³-hybridized carbons (Fsp3) is 0.667. The summed E-state index contributed by atoms with van der Waals surface area (Å²) in [6, 6.07) is 2.61. The fourth-order valence-electron chi connectivity index (χ4n) is 1.96. The van der Waals surface area contributed by atoms with Crippen molar-refractivity contribution < 1.29 is 9.15 Å². The van der Waals surface area contributed by atoms with Crippen molar-refractivity contribution >= 4 is 0 Å². The predicted molar refractivity (Wildman–Crippen MR) is 58.6 cm³/mol. The third-order valence-electron chi connectivity index (χ3n) is 2.87. The topological polar surface area (TPSA) is 34.4 Å². The number of hydrogen-bond donors (Lipinski definition) is 1. The molecule has 3 heteroatoms. The van der Waals surface area contributed by atoms with Crippen LogP contribution in [0.1, 0.15) is 31.2 Å². The Labute approximate surface area is 90.8 Å². The van der Waals surface area contributed by atoms with Crippen LogP contribution in [0.25, 0.3) is 0 Å². The first-order chi connectivity index (χ1) is 7.45. The highest BCUT2D eigenvalue weighted by Crippen LogP contribution is 2.10. The van der Waals surface area contributed by atoms with Crippen LogP contribution in [-0.4, -0.2) is 19.2 Å².